The van der Waals surface area contributed by atoms with Crippen LogP contribution in [0.4, 0.5) is 5.00 Å². The van der Waals surface area contributed by atoms with E-state index in [2.05, 4.69) is 5.32 Å². The summed E-state index contributed by atoms with van der Waals surface area (Å²) < 4.78 is 0. The zero-order valence-electron chi connectivity index (χ0n) is 11.3. The quantitative estimate of drug-likeness (QED) is 0.674. The molecule has 0 unspecified atom stereocenters. The third-order valence-electron chi connectivity index (χ3n) is 3.31. The number of thioether (sulfide) groups is 1. The van der Waals surface area contributed by atoms with Crippen LogP contribution in [0.25, 0.3) is 0 Å². The molecule has 1 aliphatic rings. The maximum absolute atomic E-state index is 11.8. The van der Waals surface area contributed by atoms with Crippen LogP contribution >= 0.6 is 23.1 Å². The number of carboxylic acids is 1. The number of primary amides is 1. The fourth-order valence-electron chi connectivity index (χ4n) is 1.99. The van der Waals surface area contributed by atoms with Gasteiger partial charge in [-0.2, -0.15) is 11.8 Å². The van der Waals surface area contributed by atoms with E-state index in [4.69, 9.17) is 10.8 Å². The lowest BCUT2D eigenvalue weighted by Gasteiger charge is -2.11. The van der Waals surface area contributed by atoms with E-state index in [1.165, 1.54) is 23.1 Å². The van der Waals surface area contributed by atoms with Crippen molar-refractivity contribution in [2.45, 2.75) is 19.3 Å². The van der Waals surface area contributed by atoms with Gasteiger partial charge in [-0.15, -0.1) is 11.3 Å². The average Bonchev–Trinajstić information content (AvgIpc) is 2.96. The van der Waals surface area contributed by atoms with Crippen molar-refractivity contribution < 1.29 is 19.5 Å². The summed E-state index contributed by atoms with van der Waals surface area (Å²) in [6.45, 7) is 0. The van der Waals surface area contributed by atoms with E-state index in [-0.39, 0.29) is 23.5 Å². The Bertz CT molecular complexity index is 566. The molecule has 0 radical (unpaired) electrons. The number of rotatable bonds is 8. The van der Waals surface area contributed by atoms with Crippen molar-refractivity contribution in [3.05, 3.63) is 17.0 Å². The highest BCUT2D eigenvalue weighted by atomic mass is 32.2. The Kier molecular flexibility index (Phi) is 4.89. The van der Waals surface area contributed by atoms with E-state index in [1.54, 1.807) is 11.4 Å². The van der Waals surface area contributed by atoms with Crippen molar-refractivity contribution in [3.63, 3.8) is 0 Å². The first-order valence-corrected chi connectivity index (χ1v) is 8.42. The van der Waals surface area contributed by atoms with Gasteiger partial charge in [-0.25, -0.2) is 0 Å². The predicted molar refractivity (Wildman–Crippen MR) is 82.7 cm³/mol. The van der Waals surface area contributed by atoms with Crippen molar-refractivity contribution in [1.82, 2.24) is 0 Å². The zero-order chi connectivity index (χ0) is 15.5. The molecule has 2 rings (SSSR count). The molecule has 1 fully saturated rings. The van der Waals surface area contributed by atoms with Gasteiger partial charge in [0.15, 0.2) is 0 Å². The lowest BCUT2D eigenvalue weighted by atomic mass is 10.1. The van der Waals surface area contributed by atoms with E-state index in [0.29, 0.717) is 16.3 Å². The summed E-state index contributed by atoms with van der Waals surface area (Å²) in [6.07, 6.45) is 1.98. The Labute approximate surface area is 130 Å². The van der Waals surface area contributed by atoms with Crippen LogP contribution in [-0.2, 0) is 9.59 Å². The molecule has 1 aromatic rings. The highest BCUT2D eigenvalue weighted by Gasteiger charge is 2.44. The van der Waals surface area contributed by atoms with E-state index < -0.39 is 11.9 Å². The van der Waals surface area contributed by atoms with Gasteiger partial charge in [-0.1, -0.05) is 0 Å². The minimum atomic E-state index is -0.790. The second-order valence-electron chi connectivity index (χ2n) is 5.14. The Morgan fingerprint density at radius 2 is 2.14 bits per heavy atom. The minimum absolute atomic E-state index is 0.127. The summed E-state index contributed by atoms with van der Waals surface area (Å²) in [6, 6.07) is 1.57. The molecule has 0 spiro atoms. The van der Waals surface area contributed by atoms with E-state index in [9.17, 15) is 14.4 Å². The highest BCUT2D eigenvalue weighted by Crippen LogP contribution is 2.50. The second-order valence-corrected chi connectivity index (χ2v) is 7.04. The number of thiophene rings is 1. The van der Waals surface area contributed by atoms with Crippen molar-refractivity contribution in [2.24, 2.45) is 11.1 Å². The molecule has 0 bridgehead atoms. The van der Waals surface area contributed by atoms with Gasteiger partial charge in [-0.3, -0.25) is 14.4 Å². The molecule has 114 valence electrons. The number of carboxylic acid groups (broad SMARTS) is 1. The lowest BCUT2D eigenvalue weighted by Crippen LogP contribution is -2.19. The number of hydrogen-bond acceptors (Lipinski definition) is 5. The number of hydrogen-bond donors (Lipinski definition) is 3. The van der Waals surface area contributed by atoms with Crippen molar-refractivity contribution in [3.8, 4) is 0 Å². The molecule has 0 saturated heterocycles. The summed E-state index contributed by atoms with van der Waals surface area (Å²) in [4.78, 5) is 33.7. The van der Waals surface area contributed by atoms with E-state index >= 15 is 0 Å². The van der Waals surface area contributed by atoms with Crippen LogP contribution in [0.1, 0.15) is 29.6 Å². The second kappa shape index (κ2) is 6.48. The molecular formula is C13H16N2O4S2. The van der Waals surface area contributed by atoms with Gasteiger partial charge in [0.2, 0.25) is 5.91 Å². The van der Waals surface area contributed by atoms with Crippen LogP contribution in [0.3, 0.4) is 0 Å². The van der Waals surface area contributed by atoms with Gasteiger partial charge in [0.05, 0.1) is 17.7 Å². The summed E-state index contributed by atoms with van der Waals surface area (Å²) in [5.41, 5.74) is 5.38. The SMILES string of the molecule is NC(=O)c1ccsc1NC(=O)CSCC1(CC(=O)O)CC1. The van der Waals surface area contributed by atoms with Crippen LogP contribution in [0.15, 0.2) is 11.4 Å². The molecule has 21 heavy (non-hydrogen) atoms. The molecule has 0 atom stereocenters. The monoisotopic (exact) mass is 328 g/mol. The van der Waals surface area contributed by atoms with Crippen LogP contribution in [0.2, 0.25) is 0 Å². The fraction of sp³-hybridized carbons (Fsp3) is 0.462. The largest absolute Gasteiger partial charge is 0.481 e. The number of carbonyl (C=O) groups excluding carboxylic acids is 2. The van der Waals surface area contributed by atoms with Crippen LogP contribution in [0.5, 0.6) is 0 Å². The molecule has 0 aliphatic heterocycles. The molecule has 8 heteroatoms. The molecule has 1 saturated carbocycles. The third kappa shape index (κ3) is 4.47. The van der Waals surface area contributed by atoms with Crippen LogP contribution < -0.4 is 11.1 Å². The zero-order valence-corrected chi connectivity index (χ0v) is 12.9. The lowest BCUT2D eigenvalue weighted by molar-refractivity contribution is -0.138. The highest BCUT2D eigenvalue weighted by molar-refractivity contribution is 8.00. The molecule has 4 N–H and O–H groups in total. The smallest absolute Gasteiger partial charge is 0.303 e. The predicted octanol–water partition coefficient (Wildman–Crippen LogP) is 1.77. The topological polar surface area (TPSA) is 109 Å². The van der Waals surface area contributed by atoms with Crippen molar-refractivity contribution in [1.29, 1.82) is 0 Å². The van der Waals surface area contributed by atoms with Crippen molar-refractivity contribution >= 4 is 45.9 Å². The number of aliphatic carboxylic acids is 1. The molecule has 2 amide bonds. The molecule has 1 aliphatic carbocycles. The minimum Gasteiger partial charge on any atom is -0.481 e. The Balaban J connectivity index is 1.77. The Morgan fingerprint density at radius 1 is 1.43 bits per heavy atom. The number of anilines is 1. The summed E-state index contributed by atoms with van der Waals surface area (Å²) >= 11 is 2.67. The maximum atomic E-state index is 11.8. The summed E-state index contributed by atoms with van der Waals surface area (Å²) in [5, 5.41) is 13.6. The van der Waals surface area contributed by atoms with Gasteiger partial charge in [0, 0.05) is 0 Å². The average molecular weight is 328 g/mol. The molecule has 0 aromatic carbocycles. The third-order valence-corrected chi connectivity index (χ3v) is 5.42. The standard InChI is InChI=1S/C13H16N2O4S2/c14-11(19)8-1-4-21-12(8)15-9(16)6-20-7-13(2-3-13)5-10(17)18/h1,4H,2-3,5-7H2,(H2,14,19)(H,15,16)(H,17,18). The first-order chi connectivity index (χ1) is 9.92. The van der Waals surface area contributed by atoms with E-state index in [0.717, 1.165) is 12.8 Å². The van der Waals surface area contributed by atoms with Crippen molar-refractivity contribution in [2.75, 3.05) is 16.8 Å². The Hall–Kier alpha value is -1.54. The Morgan fingerprint density at radius 3 is 2.71 bits per heavy atom. The summed E-state index contributed by atoms with van der Waals surface area (Å²) in [7, 11) is 0. The van der Waals surface area contributed by atoms with E-state index in [1.807, 2.05) is 0 Å². The first kappa shape index (κ1) is 15.8. The fourth-order valence-corrected chi connectivity index (χ4v) is 3.98. The molecule has 1 aromatic heterocycles. The normalized spacial score (nSPS) is 15.4. The first-order valence-electron chi connectivity index (χ1n) is 6.39. The summed E-state index contributed by atoms with van der Waals surface area (Å²) in [5.74, 6) is -0.673. The number of amides is 2. The van der Waals surface area contributed by atoms with Gasteiger partial charge in [-0.05, 0) is 35.5 Å². The number of nitrogens with one attached hydrogen (secondary N) is 1. The van der Waals surface area contributed by atoms with Gasteiger partial charge < -0.3 is 16.2 Å². The van der Waals surface area contributed by atoms with Gasteiger partial charge in [0.1, 0.15) is 5.00 Å². The number of nitrogens with two attached hydrogens (primary N) is 1. The van der Waals surface area contributed by atoms with Crippen LogP contribution in [0, 0.1) is 5.41 Å². The van der Waals surface area contributed by atoms with Crippen LogP contribution in [-0.4, -0.2) is 34.4 Å². The number of carbonyl (C=O) groups is 3. The van der Waals surface area contributed by atoms with Gasteiger partial charge >= 0.3 is 5.97 Å². The maximum Gasteiger partial charge on any atom is 0.303 e. The molecule has 1 heterocycles. The molecular weight excluding hydrogens is 312 g/mol. The van der Waals surface area contributed by atoms with Gasteiger partial charge in [0.25, 0.3) is 5.91 Å². The molecule has 6 nitrogen and oxygen atoms in total.